The summed E-state index contributed by atoms with van der Waals surface area (Å²) in [5.41, 5.74) is 0.267. The number of rotatable bonds is 7. The maximum atomic E-state index is 12.0. The number of nitrogens with one attached hydrogen (secondary N) is 2. The Kier molecular flexibility index (Phi) is 7.54. The Bertz CT molecular complexity index is 577. The molecule has 2 N–H and O–H groups in total. The van der Waals surface area contributed by atoms with Gasteiger partial charge in [-0.3, -0.25) is 9.59 Å². The average Bonchev–Trinajstić information content (AvgIpc) is 2.52. The van der Waals surface area contributed by atoms with Gasteiger partial charge in [-0.2, -0.15) is 0 Å². The fourth-order valence-corrected chi connectivity index (χ4v) is 1.88. The van der Waals surface area contributed by atoms with Crippen LogP contribution in [-0.4, -0.2) is 36.5 Å². The van der Waals surface area contributed by atoms with Gasteiger partial charge in [-0.1, -0.05) is 30.7 Å². The summed E-state index contributed by atoms with van der Waals surface area (Å²) in [5, 5.41) is 5.45. The fraction of sp³-hybridized carbons (Fsp3) is 0.438. The SMILES string of the molecule is CC[C@@H](C)NC(=O)COC(=O)[C@H](C)NC(=O)c1ccccc1Cl. The van der Waals surface area contributed by atoms with Gasteiger partial charge in [0, 0.05) is 6.04 Å². The highest BCUT2D eigenvalue weighted by atomic mass is 35.5. The first-order valence-corrected chi connectivity index (χ1v) is 7.74. The monoisotopic (exact) mass is 340 g/mol. The van der Waals surface area contributed by atoms with Crippen molar-refractivity contribution in [3.63, 3.8) is 0 Å². The van der Waals surface area contributed by atoms with Gasteiger partial charge in [0.05, 0.1) is 10.6 Å². The third-order valence-corrected chi connectivity index (χ3v) is 3.51. The summed E-state index contributed by atoms with van der Waals surface area (Å²) in [6.07, 6.45) is 0.782. The number of hydrogen-bond donors (Lipinski definition) is 2. The Hall–Kier alpha value is -2.08. The van der Waals surface area contributed by atoms with Crippen molar-refractivity contribution in [2.24, 2.45) is 0 Å². The first-order valence-electron chi connectivity index (χ1n) is 7.36. The van der Waals surface area contributed by atoms with E-state index in [1.54, 1.807) is 24.3 Å². The second kappa shape index (κ2) is 9.15. The summed E-state index contributed by atoms with van der Waals surface area (Å²) in [4.78, 5) is 35.4. The standard InChI is InChI=1S/C16H21ClN2O4/c1-4-10(2)18-14(20)9-23-16(22)11(3)19-15(21)12-7-5-6-8-13(12)17/h5-8,10-11H,4,9H2,1-3H3,(H,18,20)(H,19,21)/t10-,11+/m1/s1. The zero-order valence-corrected chi connectivity index (χ0v) is 14.1. The summed E-state index contributed by atoms with van der Waals surface area (Å²) in [6.45, 7) is 4.88. The third-order valence-electron chi connectivity index (χ3n) is 3.18. The maximum absolute atomic E-state index is 12.0. The molecule has 23 heavy (non-hydrogen) atoms. The van der Waals surface area contributed by atoms with E-state index in [1.807, 2.05) is 13.8 Å². The number of halogens is 1. The maximum Gasteiger partial charge on any atom is 0.328 e. The highest BCUT2D eigenvalue weighted by Crippen LogP contribution is 2.14. The van der Waals surface area contributed by atoms with Gasteiger partial charge in [0.15, 0.2) is 6.61 Å². The minimum Gasteiger partial charge on any atom is -0.454 e. The molecule has 0 unspecified atom stereocenters. The molecule has 0 aliphatic heterocycles. The van der Waals surface area contributed by atoms with Crippen molar-refractivity contribution in [3.05, 3.63) is 34.9 Å². The predicted octanol–water partition coefficient (Wildman–Crippen LogP) is 1.92. The number of amides is 2. The lowest BCUT2D eigenvalue weighted by Gasteiger charge is -2.15. The quantitative estimate of drug-likeness (QED) is 0.743. The van der Waals surface area contributed by atoms with Crippen molar-refractivity contribution in [2.75, 3.05) is 6.61 Å². The first kappa shape index (κ1) is 19.0. The number of carbonyl (C=O) groups is 3. The molecule has 0 saturated carbocycles. The van der Waals surface area contributed by atoms with Crippen molar-refractivity contribution in [1.29, 1.82) is 0 Å². The topological polar surface area (TPSA) is 84.5 Å². The predicted molar refractivity (Wildman–Crippen MR) is 87.2 cm³/mol. The molecule has 7 heteroatoms. The molecule has 0 heterocycles. The van der Waals surface area contributed by atoms with E-state index < -0.39 is 17.9 Å². The largest absolute Gasteiger partial charge is 0.454 e. The van der Waals surface area contributed by atoms with Gasteiger partial charge in [0.25, 0.3) is 11.8 Å². The van der Waals surface area contributed by atoms with Gasteiger partial charge in [-0.05, 0) is 32.4 Å². The molecule has 0 fully saturated rings. The van der Waals surface area contributed by atoms with Crippen LogP contribution >= 0.6 is 11.6 Å². The van der Waals surface area contributed by atoms with E-state index in [0.717, 1.165) is 6.42 Å². The average molecular weight is 341 g/mol. The van der Waals surface area contributed by atoms with Crippen LogP contribution in [0.5, 0.6) is 0 Å². The second-order valence-electron chi connectivity index (χ2n) is 5.16. The van der Waals surface area contributed by atoms with E-state index in [2.05, 4.69) is 10.6 Å². The molecule has 1 rings (SSSR count). The first-order chi connectivity index (χ1) is 10.8. The molecule has 0 spiro atoms. The van der Waals surface area contributed by atoms with E-state index >= 15 is 0 Å². The molecule has 0 saturated heterocycles. The number of hydrogen-bond acceptors (Lipinski definition) is 4. The minimum atomic E-state index is -0.893. The summed E-state index contributed by atoms with van der Waals surface area (Å²) < 4.78 is 4.88. The summed E-state index contributed by atoms with van der Waals surface area (Å²) in [7, 11) is 0. The Morgan fingerprint density at radius 3 is 2.43 bits per heavy atom. The van der Waals surface area contributed by atoms with Crippen LogP contribution in [0, 0.1) is 0 Å². The summed E-state index contributed by atoms with van der Waals surface area (Å²) in [6, 6.07) is 5.62. The van der Waals surface area contributed by atoms with Crippen LogP contribution in [0.3, 0.4) is 0 Å². The van der Waals surface area contributed by atoms with Gasteiger partial charge in [0.1, 0.15) is 6.04 Å². The van der Waals surface area contributed by atoms with Gasteiger partial charge in [0.2, 0.25) is 0 Å². The number of esters is 1. The van der Waals surface area contributed by atoms with E-state index in [0.29, 0.717) is 5.02 Å². The molecule has 2 amide bonds. The molecule has 1 aromatic carbocycles. The van der Waals surface area contributed by atoms with Gasteiger partial charge in [-0.15, -0.1) is 0 Å². The molecule has 0 aliphatic rings. The van der Waals surface area contributed by atoms with Crippen LogP contribution in [-0.2, 0) is 14.3 Å². The number of ether oxygens (including phenoxy) is 1. The molecule has 126 valence electrons. The van der Waals surface area contributed by atoms with Crippen molar-refractivity contribution >= 4 is 29.4 Å². The highest BCUT2D eigenvalue weighted by Gasteiger charge is 2.20. The van der Waals surface area contributed by atoms with Gasteiger partial charge in [-0.25, -0.2) is 4.79 Å². The Morgan fingerprint density at radius 2 is 1.83 bits per heavy atom. The van der Waals surface area contributed by atoms with Crippen LogP contribution in [0.2, 0.25) is 5.02 Å². The molecular weight excluding hydrogens is 320 g/mol. The third kappa shape index (κ3) is 6.28. The van der Waals surface area contributed by atoms with Crippen LogP contribution < -0.4 is 10.6 Å². The lowest BCUT2D eigenvalue weighted by Crippen LogP contribution is -2.41. The van der Waals surface area contributed by atoms with Crippen molar-refractivity contribution in [1.82, 2.24) is 10.6 Å². The van der Waals surface area contributed by atoms with Crippen molar-refractivity contribution in [2.45, 2.75) is 39.3 Å². The summed E-state index contributed by atoms with van der Waals surface area (Å²) >= 11 is 5.92. The van der Waals surface area contributed by atoms with Gasteiger partial charge >= 0.3 is 5.97 Å². The Labute approximate surface area is 140 Å². The molecule has 0 bridgehead atoms. The van der Waals surface area contributed by atoms with Crippen LogP contribution in [0.15, 0.2) is 24.3 Å². The smallest absolute Gasteiger partial charge is 0.328 e. The zero-order valence-electron chi connectivity index (χ0n) is 13.4. The molecule has 1 aromatic rings. The van der Waals surface area contributed by atoms with E-state index in [4.69, 9.17) is 16.3 Å². The van der Waals surface area contributed by atoms with E-state index in [9.17, 15) is 14.4 Å². The zero-order chi connectivity index (χ0) is 17.4. The Morgan fingerprint density at radius 1 is 1.17 bits per heavy atom. The second-order valence-corrected chi connectivity index (χ2v) is 5.57. The molecule has 0 aromatic heterocycles. The van der Waals surface area contributed by atoms with E-state index in [-0.39, 0.29) is 24.1 Å². The number of carbonyl (C=O) groups excluding carboxylic acids is 3. The fourth-order valence-electron chi connectivity index (χ4n) is 1.66. The lowest BCUT2D eigenvalue weighted by molar-refractivity contribution is -0.150. The molecule has 6 nitrogen and oxygen atoms in total. The van der Waals surface area contributed by atoms with Crippen LogP contribution in [0.25, 0.3) is 0 Å². The van der Waals surface area contributed by atoms with Crippen molar-refractivity contribution in [3.8, 4) is 0 Å². The normalized spacial score (nSPS) is 12.9. The molecular formula is C16H21ClN2O4. The molecule has 0 radical (unpaired) electrons. The minimum absolute atomic E-state index is 0.0125. The highest BCUT2D eigenvalue weighted by molar-refractivity contribution is 6.33. The molecule has 0 aliphatic carbocycles. The van der Waals surface area contributed by atoms with E-state index in [1.165, 1.54) is 6.92 Å². The number of benzene rings is 1. The molecule has 2 atom stereocenters. The van der Waals surface area contributed by atoms with Crippen molar-refractivity contribution < 1.29 is 19.1 Å². The van der Waals surface area contributed by atoms with Crippen LogP contribution in [0.1, 0.15) is 37.6 Å². The Balaban J connectivity index is 2.47. The van der Waals surface area contributed by atoms with Crippen LogP contribution in [0.4, 0.5) is 0 Å². The van der Waals surface area contributed by atoms with Gasteiger partial charge < -0.3 is 15.4 Å². The lowest BCUT2D eigenvalue weighted by atomic mass is 10.2. The summed E-state index contributed by atoms with van der Waals surface area (Å²) in [5.74, 6) is -1.55.